The highest BCUT2D eigenvalue weighted by Gasteiger charge is 2.23. The fraction of sp³-hybridized carbons (Fsp3) is 0.257. The van der Waals surface area contributed by atoms with Gasteiger partial charge in [0.05, 0.1) is 11.4 Å². The molecule has 0 aliphatic carbocycles. The summed E-state index contributed by atoms with van der Waals surface area (Å²) in [7, 11) is 8.44. The highest BCUT2D eigenvalue weighted by Crippen LogP contribution is 2.49. The summed E-state index contributed by atoms with van der Waals surface area (Å²) in [5, 5.41) is 1.60. The fourth-order valence-electron chi connectivity index (χ4n) is 5.12. The van der Waals surface area contributed by atoms with Gasteiger partial charge in [0.2, 0.25) is 0 Å². The van der Waals surface area contributed by atoms with E-state index in [2.05, 4.69) is 122 Å². The molecular formula is C35H37Cl2N3S2. The SMILES string of the molecule is CN(C)CC/C=C1/c2ccccc2Sc2ccc(Cl)cc21.CN(C)CCCN1c2ccccc2Sc2ccc(Cl)cc21. The summed E-state index contributed by atoms with van der Waals surface area (Å²) in [4.78, 5) is 12.0. The zero-order valence-corrected chi connectivity index (χ0v) is 27.8. The average Bonchev–Trinajstić information content (AvgIpc) is 2.97. The van der Waals surface area contributed by atoms with E-state index < -0.39 is 0 Å². The first-order valence-electron chi connectivity index (χ1n) is 14.2. The Hall–Kier alpha value is -2.38. The number of benzene rings is 4. The molecule has 0 N–H and O–H groups in total. The van der Waals surface area contributed by atoms with E-state index in [4.69, 9.17) is 23.2 Å². The minimum Gasteiger partial charge on any atom is -0.340 e. The van der Waals surface area contributed by atoms with E-state index in [-0.39, 0.29) is 0 Å². The molecule has 2 aliphatic rings. The van der Waals surface area contributed by atoms with Crippen molar-refractivity contribution in [3.05, 3.63) is 112 Å². The predicted molar refractivity (Wildman–Crippen MR) is 184 cm³/mol. The molecule has 0 amide bonds. The van der Waals surface area contributed by atoms with Crippen LogP contribution in [0.2, 0.25) is 10.0 Å². The number of rotatable bonds is 7. The quantitative estimate of drug-likeness (QED) is 0.176. The normalized spacial score (nSPS) is 14.2. The Morgan fingerprint density at radius 3 is 2.00 bits per heavy atom. The van der Waals surface area contributed by atoms with E-state index in [9.17, 15) is 0 Å². The zero-order chi connectivity index (χ0) is 29.6. The lowest BCUT2D eigenvalue weighted by Crippen LogP contribution is -2.25. The van der Waals surface area contributed by atoms with Crippen LogP contribution in [0.5, 0.6) is 0 Å². The molecule has 0 atom stereocenters. The number of hydrogen-bond donors (Lipinski definition) is 0. The van der Waals surface area contributed by atoms with Crippen molar-refractivity contribution in [2.75, 3.05) is 52.7 Å². The summed E-state index contributed by atoms with van der Waals surface area (Å²) in [5.41, 5.74) is 6.39. The molecule has 0 saturated heterocycles. The Morgan fingerprint density at radius 1 is 0.643 bits per heavy atom. The maximum Gasteiger partial charge on any atom is 0.0567 e. The zero-order valence-electron chi connectivity index (χ0n) is 24.6. The van der Waals surface area contributed by atoms with Crippen molar-refractivity contribution in [1.82, 2.24) is 9.80 Å². The first-order valence-corrected chi connectivity index (χ1v) is 16.6. The van der Waals surface area contributed by atoms with E-state index in [0.717, 1.165) is 42.5 Å². The maximum absolute atomic E-state index is 6.21. The van der Waals surface area contributed by atoms with Gasteiger partial charge in [0, 0.05) is 42.7 Å². The second-order valence-corrected chi connectivity index (χ2v) is 14.0. The summed E-state index contributed by atoms with van der Waals surface area (Å²) >= 11 is 16.1. The number of hydrogen-bond acceptors (Lipinski definition) is 5. The van der Waals surface area contributed by atoms with Gasteiger partial charge < -0.3 is 14.7 Å². The van der Waals surface area contributed by atoms with Crippen LogP contribution in [0.4, 0.5) is 11.4 Å². The number of para-hydroxylation sites is 1. The standard InChI is InChI=1S/C18H18ClNS.C17H19ClN2S/c1-20(2)11-5-7-14-15-6-3-4-8-17(15)21-18-10-9-13(19)12-16(14)18;1-19(2)10-5-11-20-14-6-3-4-7-16(14)21-17-9-8-13(18)12-15(17)20/h3-4,6-10,12H,5,11H2,1-2H3;3-4,6-9,12H,5,10-11H2,1-2H3/b14-7-;. The van der Waals surface area contributed by atoms with Crippen molar-refractivity contribution in [2.24, 2.45) is 0 Å². The van der Waals surface area contributed by atoms with Crippen molar-refractivity contribution in [2.45, 2.75) is 32.4 Å². The Bertz CT molecular complexity index is 1570. The van der Waals surface area contributed by atoms with Crippen molar-refractivity contribution in [3.8, 4) is 0 Å². The Labute approximate surface area is 269 Å². The lowest BCUT2D eigenvalue weighted by atomic mass is 9.96. The van der Waals surface area contributed by atoms with Gasteiger partial charge >= 0.3 is 0 Å². The molecule has 218 valence electrons. The summed E-state index contributed by atoms with van der Waals surface area (Å²) in [6.07, 6.45) is 4.50. The van der Waals surface area contributed by atoms with Gasteiger partial charge in [-0.1, -0.05) is 83.1 Å². The lowest BCUT2D eigenvalue weighted by Gasteiger charge is -2.33. The van der Waals surface area contributed by atoms with Gasteiger partial charge in [0.25, 0.3) is 0 Å². The van der Waals surface area contributed by atoms with E-state index in [1.54, 1.807) is 0 Å². The van der Waals surface area contributed by atoms with Crippen molar-refractivity contribution >= 4 is 63.7 Å². The molecule has 0 bridgehead atoms. The van der Waals surface area contributed by atoms with Crippen molar-refractivity contribution < 1.29 is 0 Å². The molecule has 6 rings (SSSR count). The second-order valence-electron chi connectivity index (χ2n) is 10.9. The average molecular weight is 635 g/mol. The molecule has 0 aromatic heterocycles. The van der Waals surface area contributed by atoms with E-state index in [1.165, 1.54) is 47.7 Å². The molecule has 0 saturated carbocycles. The molecule has 0 radical (unpaired) electrons. The highest BCUT2D eigenvalue weighted by molar-refractivity contribution is 8.00. The van der Waals surface area contributed by atoms with Gasteiger partial charge in [0.15, 0.2) is 0 Å². The minimum atomic E-state index is 0.798. The minimum absolute atomic E-state index is 0.798. The Balaban J connectivity index is 0.000000168. The molecule has 7 heteroatoms. The van der Waals surface area contributed by atoms with Crippen molar-refractivity contribution in [3.63, 3.8) is 0 Å². The van der Waals surface area contributed by atoms with E-state index in [1.807, 2.05) is 35.7 Å². The Morgan fingerprint density at radius 2 is 1.24 bits per heavy atom. The summed E-state index contributed by atoms with van der Waals surface area (Å²) in [6, 6.07) is 29.5. The molecule has 0 unspecified atom stereocenters. The third-order valence-electron chi connectivity index (χ3n) is 7.13. The first-order chi connectivity index (χ1) is 20.3. The van der Waals surface area contributed by atoms with Gasteiger partial charge in [-0.2, -0.15) is 0 Å². The van der Waals surface area contributed by atoms with Crippen LogP contribution in [0.25, 0.3) is 5.57 Å². The summed E-state index contributed by atoms with van der Waals surface area (Å²) in [5.74, 6) is 0. The number of halogens is 2. The van der Waals surface area contributed by atoms with Crippen LogP contribution in [-0.2, 0) is 0 Å². The smallest absolute Gasteiger partial charge is 0.0567 e. The van der Waals surface area contributed by atoms with Gasteiger partial charge in [0.1, 0.15) is 0 Å². The maximum atomic E-state index is 6.21. The number of fused-ring (bicyclic) bond motifs is 4. The predicted octanol–water partition coefficient (Wildman–Crippen LogP) is 10.1. The highest BCUT2D eigenvalue weighted by atomic mass is 35.5. The fourth-order valence-corrected chi connectivity index (χ4v) is 7.62. The topological polar surface area (TPSA) is 9.72 Å². The Kier molecular flexibility index (Phi) is 10.6. The van der Waals surface area contributed by atoms with Crippen molar-refractivity contribution in [1.29, 1.82) is 0 Å². The van der Waals surface area contributed by atoms with Gasteiger partial charge in [-0.25, -0.2) is 0 Å². The molecule has 4 aromatic carbocycles. The molecule has 2 aliphatic heterocycles. The molecule has 3 nitrogen and oxygen atoms in total. The van der Waals surface area contributed by atoms with Crippen LogP contribution in [0.15, 0.2) is 111 Å². The molecule has 4 aromatic rings. The lowest BCUT2D eigenvalue weighted by molar-refractivity contribution is 0.402. The van der Waals surface area contributed by atoms with Gasteiger partial charge in [-0.3, -0.25) is 0 Å². The van der Waals surface area contributed by atoms with Gasteiger partial charge in [-0.15, -0.1) is 0 Å². The largest absolute Gasteiger partial charge is 0.340 e. The molecule has 0 fully saturated rings. The third-order valence-corrected chi connectivity index (χ3v) is 9.88. The van der Waals surface area contributed by atoms with E-state index >= 15 is 0 Å². The van der Waals surface area contributed by atoms with Crippen LogP contribution >= 0.6 is 46.7 Å². The van der Waals surface area contributed by atoms with Crippen LogP contribution in [0, 0.1) is 0 Å². The molecule has 0 spiro atoms. The van der Waals surface area contributed by atoms with Crippen LogP contribution in [-0.4, -0.2) is 57.6 Å². The third kappa shape index (κ3) is 7.57. The molecule has 2 heterocycles. The molecule has 42 heavy (non-hydrogen) atoms. The number of nitrogens with zero attached hydrogens (tertiary/aromatic N) is 3. The van der Waals surface area contributed by atoms with Gasteiger partial charge in [-0.05, 0) is 119 Å². The number of anilines is 2. The molecular weight excluding hydrogens is 597 g/mol. The first kappa shape index (κ1) is 31.1. The van der Waals surface area contributed by atoms with Crippen LogP contribution in [0.3, 0.4) is 0 Å². The van der Waals surface area contributed by atoms with E-state index in [0.29, 0.717) is 0 Å². The second kappa shape index (κ2) is 14.4. The van der Waals surface area contributed by atoms with Crippen LogP contribution < -0.4 is 4.90 Å². The monoisotopic (exact) mass is 633 g/mol. The summed E-state index contributed by atoms with van der Waals surface area (Å²) < 4.78 is 0. The summed E-state index contributed by atoms with van der Waals surface area (Å²) in [6.45, 7) is 3.14. The van der Waals surface area contributed by atoms with Crippen LogP contribution in [0.1, 0.15) is 24.0 Å².